The molecule has 4 nitrogen and oxygen atoms in total. The zero-order valence-corrected chi connectivity index (χ0v) is 24.2. The lowest BCUT2D eigenvalue weighted by molar-refractivity contribution is 0.627. The summed E-state index contributed by atoms with van der Waals surface area (Å²) in [5, 5.41) is 0. The van der Waals surface area contributed by atoms with Gasteiger partial charge in [0, 0.05) is 22.7 Å². The molecule has 46 heavy (non-hydrogen) atoms. The predicted molar refractivity (Wildman–Crippen MR) is 174 cm³/mol. The summed E-state index contributed by atoms with van der Waals surface area (Å²) < 4.78 is 57.2. The molecule has 0 spiro atoms. The van der Waals surface area contributed by atoms with E-state index in [-0.39, 0.29) is 23.3 Å². The van der Waals surface area contributed by atoms with Gasteiger partial charge in [-0.1, -0.05) is 24.3 Å². The molecule has 0 bridgehead atoms. The van der Waals surface area contributed by atoms with Crippen LogP contribution in [0.4, 0.5) is 63.1 Å². The lowest BCUT2D eigenvalue weighted by Gasteiger charge is -2.34. The Morgan fingerprint density at radius 2 is 0.457 bits per heavy atom. The van der Waals surface area contributed by atoms with Crippen molar-refractivity contribution >= 4 is 45.5 Å². The van der Waals surface area contributed by atoms with Crippen LogP contribution in [-0.4, -0.2) is 0 Å². The maximum Gasteiger partial charge on any atom is 0.166 e. The molecule has 0 atom stereocenters. The minimum Gasteiger partial charge on any atom is -0.291 e. The molecule has 6 aromatic carbocycles. The number of rotatable bonds is 4. The lowest BCUT2D eigenvalue weighted by atomic mass is 10.2. The second-order valence-electron chi connectivity index (χ2n) is 10.9. The third-order valence-electron chi connectivity index (χ3n) is 8.11. The zero-order chi connectivity index (χ0) is 31.4. The van der Waals surface area contributed by atoms with Crippen LogP contribution in [-0.2, 0) is 0 Å². The monoisotopic (exact) mass is 612 g/mol. The molecule has 8 heteroatoms. The number of hydrogen-bond acceptors (Lipinski definition) is 4. The van der Waals surface area contributed by atoms with Gasteiger partial charge in [0.2, 0.25) is 0 Å². The minimum absolute atomic E-state index is 0.380. The minimum atomic E-state index is -0.380. The van der Waals surface area contributed by atoms with Gasteiger partial charge in [-0.2, -0.15) is 0 Å². The molecule has 0 unspecified atom stereocenters. The van der Waals surface area contributed by atoms with E-state index in [1.165, 1.54) is 48.5 Å². The van der Waals surface area contributed by atoms with E-state index in [0.29, 0.717) is 34.4 Å². The first-order valence-corrected chi connectivity index (χ1v) is 14.6. The Kier molecular flexibility index (Phi) is 6.49. The number of halogens is 4. The summed E-state index contributed by atoms with van der Waals surface area (Å²) in [6.07, 6.45) is 0. The number of anilines is 8. The average Bonchev–Trinajstić information content (AvgIpc) is 3.60. The summed E-state index contributed by atoms with van der Waals surface area (Å²) >= 11 is 0. The van der Waals surface area contributed by atoms with Crippen molar-refractivity contribution in [3.63, 3.8) is 0 Å². The Balaban J connectivity index is 1.52. The number of benzene rings is 6. The zero-order valence-electron chi connectivity index (χ0n) is 24.2. The van der Waals surface area contributed by atoms with E-state index in [1.54, 1.807) is 48.5 Å². The molecule has 2 aliphatic rings. The third kappa shape index (κ3) is 4.45. The molecule has 0 aromatic heterocycles. The van der Waals surface area contributed by atoms with Gasteiger partial charge in [0.25, 0.3) is 0 Å². The normalized spacial score (nSPS) is 13.8. The molecular weight excluding hydrogens is 588 g/mol. The van der Waals surface area contributed by atoms with Crippen molar-refractivity contribution in [2.75, 3.05) is 19.6 Å². The smallest absolute Gasteiger partial charge is 0.166 e. The first kappa shape index (κ1) is 27.5. The SMILES string of the molecule is Fc1ccc(N2C(=C3N(c4ccc(F)cc4)c4ccccc4N3c3ccc(F)cc3)N(c3ccc(F)cc3)c3ccccc32)cc1. The summed E-state index contributed by atoms with van der Waals surface area (Å²) in [4.78, 5) is 8.08. The third-order valence-corrected chi connectivity index (χ3v) is 8.11. The van der Waals surface area contributed by atoms with Crippen molar-refractivity contribution < 1.29 is 17.6 Å². The second kappa shape index (κ2) is 10.9. The van der Waals surface area contributed by atoms with Gasteiger partial charge in [0.15, 0.2) is 11.6 Å². The molecule has 0 amide bonds. The fourth-order valence-electron chi connectivity index (χ4n) is 6.15. The lowest BCUT2D eigenvalue weighted by Crippen LogP contribution is -2.33. The molecule has 0 radical (unpaired) electrons. The summed E-state index contributed by atoms with van der Waals surface area (Å²) in [7, 11) is 0. The van der Waals surface area contributed by atoms with Crippen molar-refractivity contribution in [3.8, 4) is 0 Å². The van der Waals surface area contributed by atoms with Crippen LogP contribution in [0.1, 0.15) is 0 Å². The molecule has 224 valence electrons. The molecule has 0 fully saturated rings. The van der Waals surface area contributed by atoms with Crippen LogP contribution in [0.25, 0.3) is 0 Å². The molecule has 8 rings (SSSR count). The van der Waals surface area contributed by atoms with Gasteiger partial charge in [-0.05, 0) is 121 Å². The van der Waals surface area contributed by atoms with E-state index in [9.17, 15) is 17.6 Å². The van der Waals surface area contributed by atoms with Crippen molar-refractivity contribution in [3.05, 3.63) is 181 Å². The molecule has 0 saturated carbocycles. The molecule has 0 N–H and O–H groups in total. The van der Waals surface area contributed by atoms with Crippen LogP contribution in [0, 0.1) is 23.3 Å². The highest BCUT2D eigenvalue weighted by molar-refractivity contribution is 5.99. The fourth-order valence-corrected chi connectivity index (χ4v) is 6.15. The van der Waals surface area contributed by atoms with E-state index in [2.05, 4.69) is 0 Å². The largest absolute Gasteiger partial charge is 0.291 e. The Labute approximate surface area is 262 Å². The first-order chi connectivity index (χ1) is 22.5. The molecule has 0 saturated heterocycles. The van der Waals surface area contributed by atoms with Gasteiger partial charge >= 0.3 is 0 Å². The average molecular weight is 613 g/mol. The molecule has 2 heterocycles. The van der Waals surface area contributed by atoms with Crippen molar-refractivity contribution in [1.82, 2.24) is 0 Å². The van der Waals surface area contributed by atoms with Gasteiger partial charge in [0.05, 0.1) is 22.7 Å². The Morgan fingerprint density at radius 1 is 0.261 bits per heavy atom. The predicted octanol–water partition coefficient (Wildman–Crippen LogP) is 10.6. The number of para-hydroxylation sites is 4. The Morgan fingerprint density at radius 3 is 0.652 bits per heavy atom. The Bertz CT molecular complexity index is 1790. The highest BCUT2D eigenvalue weighted by atomic mass is 19.1. The standard InChI is InChI=1S/C38H24F4N4/c39-25-9-17-29(18-10-25)43-33-5-1-2-6-34(33)44(30-19-11-26(40)12-20-30)37(43)38-45(31-21-13-27(41)14-22-31)35-7-3-4-8-36(35)46(38)32-23-15-28(42)16-24-32/h1-24H. The molecule has 0 aliphatic carbocycles. The number of fused-ring (bicyclic) bond motifs is 2. The van der Waals surface area contributed by atoms with E-state index in [4.69, 9.17) is 0 Å². The molecule has 6 aromatic rings. The first-order valence-electron chi connectivity index (χ1n) is 14.6. The quantitative estimate of drug-likeness (QED) is 0.184. The van der Waals surface area contributed by atoms with Gasteiger partial charge in [-0.15, -0.1) is 0 Å². The summed E-state index contributed by atoms with van der Waals surface area (Å²) in [5.74, 6) is -0.261. The van der Waals surface area contributed by atoms with E-state index >= 15 is 0 Å². The van der Waals surface area contributed by atoms with E-state index in [1.807, 2.05) is 68.1 Å². The molecular formula is C38H24F4N4. The van der Waals surface area contributed by atoms with Gasteiger partial charge in [-0.3, -0.25) is 19.6 Å². The maximum atomic E-state index is 14.3. The van der Waals surface area contributed by atoms with Gasteiger partial charge < -0.3 is 0 Å². The highest BCUT2D eigenvalue weighted by Gasteiger charge is 2.44. The highest BCUT2D eigenvalue weighted by Crippen LogP contribution is 2.56. The van der Waals surface area contributed by atoms with E-state index in [0.717, 1.165) is 22.7 Å². The van der Waals surface area contributed by atoms with Gasteiger partial charge in [-0.25, -0.2) is 17.6 Å². The van der Waals surface area contributed by atoms with Crippen molar-refractivity contribution in [1.29, 1.82) is 0 Å². The van der Waals surface area contributed by atoms with Crippen LogP contribution >= 0.6 is 0 Å². The Hall–Kier alpha value is -6.02. The van der Waals surface area contributed by atoms with Crippen LogP contribution in [0.5, 0.6) is 0 Å². The van der Waals surface area contributed by atoms with Crippen LogP contribution in [0.2, 0.25) is 0 Å². The summed E-state index contributed by atoms with van der Waals surface area (Å²) in [6.45, 7) is 0. The second-order valence-corrected chi connectivity index (χ2v) is 10.9. The summed E-state index contributed by atoms with van der Waals surface area (Å²) in [5.41, 5.74) is 5.91. The topological polar surface area (TPSA) is 13.0 Å². The maximum absolute atomic E-state index is 14.3. The fraction of sp³-hybridized carbons (Fsp3) is 0. The van der Waals surface area contributed by atoms with E-state index < -0.39 is 0 Å². The number of nitrogens with zero attached hydrogens (tertiary/aromatic N) is 4. The van der Waals surface area contributed by atoms with Crippen molar-refractivity contribution in [2.24, 2.45) is 0 Å². The van der Waals surface area contributed by atoms with Crippen molar-refractivity contribution in [2.45, 2.75) is 0 Å². The van der Waals surface area contributed by atoms with Gasteiger partial charge in [0.1, 0.15) is 23.3 Å². The van der Waals surface area contributed by atoms with Crippen LogP contribution in [0.15, 0.2) is 157 Å². The number of hydrogen-bond donors (Lipinski definition) is 0. The van der Waals surface area contributed by atoms with Crippen LogP contribution < -0.4 is 19.6 Å². The molecule has 2 aliphatic heterocycles. The summed E-state index contributed by atoms with van der Waals surface area (Å²) in [6, 6.07) is 40.4. The van der Waals surface area contributed by atoms with Crippen LogP contribution in [0.3, 0.4) is 0 Å².